The SMILES string of the molecule is C[C@@H](/C=C(\NC(=O)[C@@H]1[C@@H](C)OC(C)(C)N1C(=O)OC(C)(C)C)C(=O)O)O[Si](c1ccccc1)(c1ccccc1)C(C)(C)C. The lowest BCUT2D eigenvalue weighted by molar-refractivity contribution is -0.135. The van der Waals surface area contributed by atoms with Gasteiger partial charge < -0.3 is 24.3 Å². The molecule has 1 aliphatic rings. The summed E-state index contributed by atoms with van der Waals surface area (Å²) < 4.78 is 18.5. The van der Waals surface area contributed by atoms with Gasteiger partial charge in [-0.05, 0) is 70.0 Å². The number of aliphatic carboxylic acids is 1. The maximum absolute atomic E-state index is 13.6. The second kappa shape index (κ2) is 12.6. The van der Waals surface area contributed by atoms with E-state index in [1.807, 2.05) is 36.4 Å². The van der Waals surface area contributed by atoms with Crippen molar-refractivity contribution >= 4 is 36.7 Å². The van der Waals surface area contributed by atoms with Crippen molar-refractivity contribution in [1.82, 2.24) is 10.2 Å². The van der Waals surface area contributed by atoms with Crippen molar-refractivity contribution in [2.45, 2.75) is 104 Å². The summed E-state index contributed by atoms with van der Waals surface area (Å²) in [5, 5.41) is 14.4. The number of benzene rings is 2. The van der Waals surface area contributed by atoms with Crippen LogP contribution in [0.15, 0.2) is 72.4 Å². The minimum Gasteiger partial charge on any atom is -0.477 e. The van der Waals surface area contributed by atoms with E-state index in [0.29, 0.717) is 0 Å². The molecule has 1 fully saturated rings. The molecule has 0 saturated carbocycles. The number of rotatable bonds is 8. The van der Waals surface area contributed by atoms with Crippen LogP contribution in [0.25, 0.3) is 0 Å². The van der Waals surface area contributed by atoms with E-state index in [1.54, 1.807) is 48.5 Å². The summed E-state index contributed by atoms with van der Waals surface area (Å²) in [6.07, 6.45) is -0.744. The van der Waals surface area contributed by atoms with Crippen molar-refractivity contribution in [3.8, 4) is 0 Å². The molecule has 2 aromatic carbocycles. The maximum Gasteiger partial charge on any atom is 0.413 e. The third kappa shape index (κ3) is 7.55. The van der Waals surface area contributed by atoms with Gasteiger partial charge in [0.15, 0.2) is 0 Å². The van der Waals surface area contributed by atoms with Gasteiger partial charge in [-0.1, -0.05) is 81.4 Å². The largest absolute Gasteiger partial charge is 0.477 e. The monoisotopic (exact) mass is 610 g/mol. The maximum atomic E-state index is 13.6. The molecule has 0 aromatic heterocycles. The van der Waals surface area contributed by atoms with Gasteiger partial charge >= 0.3 is 12.1 Å². The van der Waals surface area contributed by atoms with Crippen LogP contribution in [-0.4, -0.2) is 65.9 Å². The van der Waals surface area contributed by atoms with Gasteiger partial charge in [0.05, 0.1) is 12.2 Å². The van der Waals surface area contributed by atoms with Gasteiger partial charge in [-0.15, -0.1) is 0 Å². The lowest BCUT2D eigenvalue weighted by atomic mass is 10.1. The first-order valence-corrected chi connectivity index (χ1v) is 16.5. The van der Waals surface area contributed by atoms with Gasteiger partial charge in [0.2, 0.25) is 5.91 Å². The Balaban J connectivity index is 1.99. The number of ether oxygens (including phenoxy) is 2. The number of carbonyl (C=O) groups is 3. The lowest BCUT2D eigenvalue weighted by Gasteiger charge is -2.44. The third-order valence-corrected chi connectivity index (χ3v) is 12.4. The summed E-state index contributed by atoms with van der Waals surface area (Å²) in [5.74, 6) is -2.03. The highest BCUT2D eigenvalue weighted by molar-refractivity contribution is 6.99. The highest BCUT2D eigenvalue weighted by Crippen LogP contribution is 2.38. The van der Waals surface area contributed by atoms with Gasteiger partial charge in [-0.2, -0.15) is 0 Å². The first-order valence-electron chi connectivity index (χ1n) is 14.5. The number of hydrogen-bond donors (Lipinski definition) is 2. The smallest absolute Gasteiger partial charge is 0.413 e. The summed E-state index contributed by atoms with van der Waals surface area (Å²) in [6, 6.07) is 18.9. The first-order chi connectivity index (χ1) is 19.8. The molecular formula is C33H46N2O7Si. The molecule has 9 nitrogen and oxygen atoms in total. The van der Waals surface area contributed by atoms with Crippen molar-refractivity contribution in [3.05, 3.63) is 72.4 Å². The van der Waals surface area contributed by atoms with Crippen LogP contribution in [0.4, 0.5) is 4.79 Å². The molecule has 0 radical (unpaired) electrons. The van der Waals surface area contributed by atoms with Gasteiger partial charge in [0.25, 0.3) is 8.32 Å². The molecule has 3 atom stereocenters. The average molecular weight is 611 g/mol. The molecule has 0 aliphatic carbocycles. The van der Waals surface area contributed by atoms with Crippen LogP contribution in [0.2, 0.25) is 5.04 Å². The highest BCUT2D eigenvalue weighted by atomic mass is 28.4. The third-order valence-electron chi connectivity index (χ3n) is 7.31. The van der Waals surface area contributed by atoms with Crippen LogP contribution in [0.1, 0.15) is 69.2 Å². The molecule has 0 spiro atoms. The summed E-state index contributed by atoms with van der Waals surface area (Å²) >= 11 is 0. The number of amides is 2. The molecule has 234 valence electrons. The molecule has 0 unspecified atom stereocenters. The minimum absolute atomic E-state index is 0.333. The van der Waals surface area contributed by atoms with Crippen LogP contribution < -0.4 is 15.7 Å². The van der Waals surface area contributed by atoms with Gasteiger partial charge in [-0.3, -0.25) is 9.69 Å². The Bertz CT molecular complexity index is 1290. The number of carbonyl (C=O) groups excluding carboxylic acids is 2. The normalized spacial score (nSPS) is 20.0. The summed E-state index contributed by atoms with van der Waals surface area (Å²) in [5.41, 5.74) is -2.31. The molecule has 3 rings (SSSR count). The molecule has 10 heteroatoms. The zero-order valence-corrected chi connectivity index (χ0v) is 27.9. The van der Waals surface area contributed by atoms with Gasteiger partial charge in [0, 0.05) is 0 Å². The molecule has 1 aliphatic heterocycles. The second-order valence-electron chi connectivity index (χ2n) is 13.4. The Labute approximate surface area is 256 Å². The quantitative estimate of drug-likeness (QED) is 0.326. The molecule has 0 bridgehead atoms. The number of nitrogens with zero attached hydrogens (tertiary/aromatic N) is 1. The van der Waals surface area contributed by atoms with Crippen molar-refractivity contribution in [3.63, 3.8) is 0 Å². The second-order valence-corrected chi connectivity index (χ2v) is 17.7. The predicted octanol–water partition coefficient (Wildman–Crippen LogP) is 4.80. The molecular weight excluding hydrogens is 564 g/mol. The van der Waals surface area contributed by atoms with Crippen LogP contribution in [0.3, 0.4) is 0 Å². The molecule has 43 heavy (non-hydrogen) atoms. The van der Waals surface area contributed by atoms with E-state index in [4.69, 9.17) is 13.9 Å². The topological polar surface area (TPSA) is 114 Å². The van der Waals surface area contributed by atoms with Crippen molar-refractivity contribution in [2.75, 3.05) is 0 Å². The molecule has 1 saturated heterocycles. The molecule has 2 N–H and O–H groups in total. The number of carboxylic acid groups (broad SMARTS) is 1. The minimum atomic E-state index is -3.00. The van der Waals surface area contributed by atoms with Crippen LogP contribution >= 0.6 is 0 Å². The van der Waals surface area contributed by atoms with Crippen LogP contribution in [0, 0.1) is 0 Å². The van der Waals surface area contributed by atoms with Gasteiger partial charge in [-0.25, -0.2) is 9.59 Å². The first kappa shape index (κ1) is 34.0. The van der Waals surface area contributed by atoms with E-state index >= 15 is 0 Å². The Hall–Kier alpha value is -3.47. The van der Waals surface area contributed by atoms with Gasteiger partial charge in [0.1, 0.15) is 23.1 Å². The fraction of sp³-hybridized carbons (Fsp3) is 0.485. The zero-order valence-electron chi connectivity index (χ0n) is 26.9. The molecule has 2 aromatic rings. The Morgan fingerprint density at radius 1 is 0.977 bits per heavy atom. The average Bonchev–Trinajstić information content (AvgIpc) is 3.14. The standard InChI is InChI=1S/C33H46N2O7Si/c1-22(42-43(32(6,7)8,24-17-13-11-14-18-24)25-19-15-12-16-20-25)21-26(29(37)38)34-28(36)27-23(2)40-33(9,10)35(27)30(39)41-31(3,4)5/h11-23,27H,1-10H3,(H,34,36)(H,37,38)/b26-21-/t22-,23+,27-/m0/s1. The van der Waals surface area contributed by atoms with Crippen LogP contribution in [0.5, 0.6) is 0 Å². The van der Waals surface area contributed by atoms with E-state index in [0.717, 1.165) is 10.4 Å². The number of carboxylic acids is 1. The predicted molar refractivity (Wildman–Crippen MR) is 169 cm³/mol. The Morgan fingerprint density at radius 2 is 1.47 bits per heavy atom. The van der Waals surface area contributed by atoms with E-state index in [1.165, 1.54) is 11.0 Å². The van der Waals surface area contributed by atoms with Crippen molar-refractivity contribution < 1.29 is 33.4 Å². The summed E-state index contributed by atoms with van der Waals surface area (Å²) in [6.45, 7) is 18.3. The number of nitrogens with one attached hydrogen (secondary N) is 1. The molecule has 2 amide bonds. The van der Waals surface area contributed by atoms with Crippen molar-refractivity contribution in [1.29, 1.82) is 0 Å². The lowest BCUT2D eigenvalue weighted by Crippen LogP contribution is -2.67. The fourth-order valence-electron chi connectivity index (χ4n) is 5.71. The van der Waals surface area contributed by atoms with E-state index < -0.39 is 55.9 Å². The fourth-order valence-corrected chi connectivity index (χ4v) is 10.3. The van der Waals surface area contributed by atoms with E-state index in [9.17, 15) is 19.5 Å². The van der Waals surface area contributed by atoms with E-state index in [-0.39, 0.29) is 10.7 Å². The van der Waals surface area contributed by atoms with Crippen molar-refractivity contribution in [2.24, 2.45) is 0 Å². The summed E-state index contributed by atoms with van der Waals surface area (Å²) in [4.78, 5) is 40.4. The number of hydrogen-bond acceptors (Lipinski definition) is 6. The zero-order chi connectivity index (χ0) is 32.4. The Kier molecular flexibility index (Phi) is 10.00. The van der Waals surface area contributed by atoms with Crippen LogP contribution in [-0.2, 0) is 23.5 Å². The summed E-state index contributed by atoms with van der Waals surface area (Å²) in [7, 11) is -3.00. The molecule has 1 heterocycles. The Morgan fingerprint density at radius 3 is 1.88 bits per heavy atom. The van der Waals surface area contributed by atoms with E-state index in [2.05, 4.69) is 50.4 Å². The highest BCUT2D eigenvalue weighted by Gasteiger charge is 2.53.